The number of benzene rings is 2. The van der Waals surface area contributed by atoms with Crippen LogP contribution in [-0.4, -0.2) is 30.1 Å². The SMILES string of the molecule is O=C(NCc1ccc(Cn2cccn2)cc1)c1cccc(S(=O)(=O)NC2CC2)c1. The fraction of sp³-hybridized carbons (Fsp3) is 0.238. The quantitative estimate of drug-likeness (QED) is 0.596. The van der Waals surface area contributed by atoms with Gasteiger partial charge < -0.3 is 5.32 Å². The Kier molecular flexibility index (Phi) is 5.46. The Morgan fingerprint density at radius 3 is 2.52 bits per heavy atom. The Bertz CT molecular complexity index is 1090. The van der Waals surface area contributed by atoms with Crippen LogP contribution in [0.15, 0.2) is 71.9 Å². The number of amides is 1. The van der Waals surface area contributed by atoms with Gasteiger partial charge in [0.2, 0.25) is 10.0 Å². The third kappa shape index (κ3) is 5.10. The van der Waals surface area contributed by atoms with Crippen LogP contribution < -0.4 is 10.0 Å². The van der Waals surface area contributed by atoms with E-state index in [-0.39, 0.29) is 16.8 Å². The van der Waals surface area contributed by atoms with E-state index in [1.54, 1.807) is 18.3 Å². The molecule has 1 aliphatic rings. The largest absolute Gasteiger partial charge is 0.348 e. The summed E-state index contributed by atoms with van der Waals surface area (Å²) in [6, 6.07) is 15.9. The van der Waals surface area contributed by atoms with E-state index in [4.69, 9.17) is 0 Å². The Hall–Kier alpha value is -2.97. The first kappa shape index (κ1) is 19.4. The summed E-state index contributed by atoms with van der Waals surface area (Å²) in [5.41, 5.74) is 2.39. The predicted molar refractivity (Wildman–Crippen MR) is 109 cm³/mol. The molecule has 150 valence electrons. The molecule has 29 heavy (non-hydrogen) atoms. The summed E-state index contributed by atoms with van der Waals surface area (Å²) in [7, 11) is -3.58. The lowest BCUT2D eigenvalue weighted by molar-refractivity contribution is 0.0950. The zero-order valence-corrected chi connectivity index (χ0v) is 16.6. The highest BCUT2D eigenvalue weighted by Crippen LogP contribution is 2.22. The van der Waals surface area contributed by atoms with Crippen LogP contribution in [0, 0.1) is 0 Å². The molecule has 1 aliphatic carbocycles. The van der Waals surface area contributed by atoms with Crippen LogP contribution in [0.1, 0.15) is 34.3 Å². The number of carbonyl (C=O) groups is 1. The lowest BCUT2D eigenvalue weighted by atomic mass is 10.1. The van der Waals surface area contributed by atoms with Gasteiger partial charge in [0.05, 0.1) is 11.4 Å². The van der Waals surface area contributed by atoms with Gasteiger partial charge in [-0.2, -0.15) is 5.10 Å². The maximum absolute atomic E-state index is 12.5. The Balaban J connectivity index is 1.36. The second-order valence-electron chi connectivity index (χ2n) is 7.13. The number of nitrogens with one attached hydrogen (secondary N) is 2. The molecule has 0 aliphatic heterocycles. The number of hydrogen-bond acceptors (Lipinski definition) is 4. The molecule has 2 aromatic carbocycles. The van der Waals surface area contributed by atoms with Crippen molar-refractivity contribution in [2.75, 3.05) is 0 Å². The van der Waals surface area contributed by atoms with Crippen LogP contribution >= 0.6 is 0 Å². The third-order valence-corrected chi connectivity index (χ3v) is 6.20. The summed E-state index contributed by atoms with van der Waals surface area (Å²) in [6.45, 7) is 1.05. The van der Waals surface area contributed by atoms with E-state index in [0.717, 1.165) is 24.0 Å². The topological polar surface area (TPSA) is 93.1 Å². The lowest BCUT2D eigenvalue weighted by Crippen LogP contribution is -2.27. The van der Waals surface area contributed by atoms with Crippen LogP contribution in [0.25, 0.3) is 0 Å². The first-order valence-electron chi connectivity index (χ1n) is 9.45. The lowest BCUT2D eigenvalue weighted by Gasteiger charge is -2.09. The second kappa shape index (κ2) is 8.18. The molecule has 8 heteroatoms. The van der Waals surface area contributed by atoms with Gasteiger partial charge in [0.1, 0.15) is 0 Å². The maximum Gasteiger partial charge on any atom is 0.251 e. The van der Waals surface area contributed by atoms with Gasteiger partial charge >= 0.3 is 0 Å². The van der Waals surface area contributed by atoms with Crippen molar-refractivity contribution >= 4 is 15.9 Å². The second-order valence-corrected chi connectivity index (χ2v) is 8.84. The summed E-state index contributed by atoms with van der Waals surface area (Å²) in [5, 5.41) is 7.02. The molecule has 0 saturated heterocycles. The summed E-state index contributed by atoms with van der Waals surface area (Å²) in [4.78, 5) is 12.6. The highest BCUT2D eigenvalue weighted by Gasteiger charge is 2.28. The van der Waals surface area contributed by atoms with Crippen molar-refractivity contribution in [3.8, 4) is 0 Å². The fourth-order valence-electron chi connectivity index (χ4n) is 2.92. The normalized spacial score (nSPS) is 13.9. The van der Waals surface area contributed by atoms with Gasteiger partial charge in [0.15, 0.2) is 0 Å². The molecule has 4 rings (SSSR count). The predicted octanol–water partition coefficient (Wildman–Crippen LogP) is 2.30. The Morgan fingerprint density at radius 2 is 1.83 bits per heavy atom. The van der Waals surface area contributed by atoms with Gasteiger partial charge in [-0.25, -0.2) is 13.1 Å². The number of carbonyl (C=O) groups excluding carboxylic acids is 1. The molecule has 0 unspecified atom stereocenters. The summed E-state index contributed by atoms with van der Waals surface area (Å²) >= 11 is 0. The Labute approximate surface area is 169 Å². The van der Waals surface area contributed by atoms with E-state index in [9.17, 15) is 13.2 Å². The minimum absolute atomic E-state index is 0.0220. The van der Waals surface area contributed by atoms with E-state index in [1.165, 1.54) is 12.1 Å². The number of sulfonamides is 1. The molecule has 0 spiro atoms. The van der Waals surface area contributed by atoms with Gasteiger partial charge in [-0.1, -0.05) is 30.3 Å². The standard InChI is InChI=1S/C21H22N4O3S/c26-21(18-3-1-4-20(13-18)29(27,28)24-19-9-10-19)22-14-16-5-7-17(8-6-16)15-25-12-2-11-23-25/h1-8,11-13,19,24H,9-10,14-15H2,(H,22,26). The van der Waals surface area contributed by atoms with Gasteiger partial charge in [0.25, 0.3) is 5.91 Å². The summed E-state index contributed by atoms with van der Waals surface area (Å²) in [6.07, 6.45) is 5.37. The molecule has 1 heterocycles. The average Bonchev–Trinajstić information content (AvgIpc) is 3.38. The van der Waals surface area contributed by atoms with Crippen molar-refractivity contribution in [3.05, 3.63) is 83.7 Å². The smallest absolute Gasteiger partial charge is 0.251 e. The highest BCUT2D eigenvalue weighted by molar-refractivity contribution is 7.89. The third-order valence-electron chi connectivity index (χ3n) is 4.69. The minimum Gasteiger partial charge on any atom is -0.348 e. The maximum atomic E-state index is 12.5. The molecule has 0 bridgehead atoms. The Morgan fingerprint density at radius 1 is 1.07 bits per heavy atom. The molecule has 7 nitrogen and oxygen atoms in total. The molecule has 0 radical (unpaired) electrons. The molecule has 1 fully saturated rings. The molecule has 1 saturated carbocycles. The van der Waals surface area contributed by atoms with Crippen molar-refractivity contribution < 1.29 is 13.2 Å². The average molecular weight is 410 g/mol. The van der Waals surface area contributed by atoms with Gasteiger partial charge in [-0.3, -0.25) is 9.48 Å². The van der Waals surface area contributed by atoms with Crippen molar-refractivity contribution in [1.29, 1.82) is 0 Å². The van der Waals surface area contributed by atoms with Crippen LogP contribution in [0.3, 0.4) is 0 Å². The van der Waals surface area contributed by atoms with Gasteiger partial charge in [0, 0.05) is 30.5 Å². The molecule has 2 N–H and O–H groups in total. The molecule has 0 atom stereocenters. The number of rotatable bonds is 8. The molecular formula is C21H22N4O3S. The monoisotopic (exact) mass is 410 g/mol. The van der Waals surface area contributed by atoms with Crippen molar-refractivity contribution in [3.63, 3.8) is 0 Å². The van der Waals surface area contributed by atoms with Gasteiger partial charge in [-0.05, 0) is 48.2 Å². The summed E-state index contributed by atoms with van der Waals surface area (Å²) < 4.78 is 29.1. The zero-order chi connectivity index (χ0) is 20.3. The van der Waals surface area contributed by atoms with Crippen LogP contribution in [0.5, 0.6) is 0 Å². The molecular weight excluding hydrogens is 388 g/mol. The van der Waals surface area contributed by atoms with Gasteiger partial charge in [-0.15, -0.1) is 0 Å². The van der Waals surface area contributed by atoms with E-state index >= 15 is 0 Å². The van der Waals surface area contributed by atoms with Crippen LogP contribution in [0.2, 0.25) is 0 Å². The van der Waals surface area contributed by atoms with E-state index in [0.29, 0.717) is 18.7 Å². The fourth-order valence-corrected chi connectivity index (χ4v) is 4.27. The van der Waals surface area contributed by atoms with E-state index in [2.05, 4.69) is 15.1 Å². The number of aromatic nitrogens is 2. The summed E-state index contributed by atoms with van der Waals surface area (Å²) in [5.74, 6) is -0.311. The van der Waals surface area contributed by atoms with Crippen LogP contribution in [0.4, 0.5) is 0 Å². The minimum atomic E-state index is -3.58. The van der Waals surface area contributed by atoms with Crippen molar-refractivity contribution in [1.82, 2.24) is 19.8 Å². The molecule has 1 amide bonds. The number of nitrogens with zero attached hydrogens (tertiary/aromatic N) is 2. The number of hydrogen-bond donors (Lipinski definition) is 2. The first-order valence-corrected chi connectivity index (χ1v) is 10.9. The highest BCUT2D eigenvalue weighted by atomic mass is 32.2. The van der Waals surface area contributed by atoms with Crippen LogP contribution in [-0.2, 0) is 23.1 Å². The van der Waals surface area contributed by atoms with E-state index in [1.807, 2.05) is 41.2 Å². The molecule has 1 aromatic heterocycles. The van der Waals surface area contributed by atoms with Crippen molar-refractivity contribution in [2.45, 2.75) is 36.9 Å². The van der Waals surface area contributed by atoms with E-state index < -0.39 is 10.0 Å². The first-order chi connectivity index (χ1) is 14.0. The zero-order valence-electron chi connectivity index (χ0n) is 15.8. The molecule has 3 aromatic rings. The van der Waals surface area contributed by atoms with Crippen molar-refractivity contribution in [2.24, 2.45) is 0 Å².